The first kappa shape index (κ1) is 13.4. The molecule has 2 rings (SSSR count). The fourth-order valence-corrected chi connectivity index (χ4v) is 2.26. The Bertz CT molecular complexity index is 402. The number of amides is 2. The van der Waals surface area contributed by atoms with Crippen molar-refractivity contribution in [1.29, 1.82) is 0 Å². The summed E-state index contributed by atoms with van der Waals surface area (Å²) < 4.78 is 6.52. The molecule has 1 aliphatic heterocycles. The molecule has 5 heteroatoms. The third-order valence-corrected chi connectivity index (χ3v) is 3.51. The number of carbonyl (C=O) groups is 1. The average Bonchev–Trinajstić information content (AvgIpc) is 2.85. The molecule has 2 atom stereocenters. The number of halogens is 1. The summed E-state index contributed by atoms with van der Waals surface area (Å²) in [5.41, 5.74) is 0.773. The van der Waals surface area contributed by atoms with Gasteiger partial charge >= 0.3 is 6.03 Å². The van der Waals surface area contributed by atoms with Crippen LogP contribution in [0.1, 0.15) is 19.8 Å². The van der Waals surface area contributed by atoms with Crippen LogP contribution in [0.4, 0.5) is 10.5 Å². The number of benzene rings is 1. The molecule has 0 radical (unpaired) electrons. The Morgan fingerprint density at radius 2 is 2.17 bits per heavy atom. The molecule has 0 aliphatic carbocycles. The van der Waals surface area contributed by atoms with Crippen molar-refractivity contribution in [3.63, 3.8) is 0 Å². The molecule has 1 heterocycles. The number of hydrogen-bond donors (Lipinski definition) is 2. The molecule has 98 valence electrons. The first-order valence-corrected chi connectivity index (χ1v) is 6.89. The van der Waals surface area contributed by atoms with E-state index >= 15 is 0 Å². The van der Waals surface area contributed by atoms with Gasteiger partial charge in [-0.25, -0.2) is 4.79 Å². The number of nitrogens with one attached hydrogen (secondary N) is 2. The highest BCUT2D eigenvalue weighted by molar-refractivity contribution is 9.10. The summed E-state index contributed by atoms with van der Waals surface area (Å²) in [6.45, 7) is 2.77. The molecule has 18 heavy (non-hydrogen) atoms. The molecule has 0 saturated carbocycles. The predicted octanol–water partition coefficient (Wildman–Crippen LogP) is 3.14. The van der Waals surface area contributed by atoms with Crippen LogP contribution in [0.25, 0.3) is 0 Å². The Kier molecular flexibility index (Phi) is 4.60. The van der Waals surface area contributed by atoms with Crippen LogP contribution < -0.4 is 10.6 Å². The normalized spacial score (nSPS) is 20.4. The molecular formula is C13H17BrN2O2. The lowest BCUT2D eigenvalue weighted by Gasteiger charge is -2.20. The first-order valence-electron chi connectivity index (χ1n) is 6.10. The van der Waals surface area contributed by atoms with Crippen molar-refractivity contribution in [1.82, 2.24) is 5.32 Å². The van der Waals surface area contributed by atoms with Crippen LogP contribution >= 0.6 is 15.9 Å². The van der Waals surface area contributed by atoms with Gasteiger partial charge in [-0.05, 0) is 44.0 Å². The van der Waals surface area contributed by atoms with Crippen molar-refractivity contribution < 1.29 is 9.53 Å². The third-order valence-electron chi connectivity index (χ3n) is 2.98. The van der Waals surface area contributed by atoms with Gasteiger partial charge in [-0.3, -0.25) is 0 Å². The molecule has 1 aromatic rings. The minimum absolute atomic E-state index is 0.0305. The van der Waals surface area contributed by atoms with E-state index in [1.165, 1.54) is 0 Å². The Morgan fingerprint density at radius 1 is 1.44 bits per heavy atom. The second kappa shape index (κ2) is 6.20. The zero-order valence-corrected chi connectivity index (χ0v) is 11.9. The summed E-state index contributed by atoms with van der Waals surface area (Å²) in [6, 6.07) is 7.31. The Morgan fingerprint density at radius 3 is 2.78 bits per heavy atom. The highest BCUT2D eigenvalue weighted by Crippen LogP contribution is 2.16. The van der Waals surface area contributed by atoms with Gasteiger partial charge in [0.25, 0.3) is 0 Å². The van der Waals surface area contributed by atoms with Crippen molar-refractivity contribution in [2.24, 2.45) is 0 Å². The van der Waals surface area contributed by atoms with Gasteiger partial charge in [0.1, 0.15) is 0 Å². The Hall–Kier alpha value is -1.07. The van der Waals surface area contributed by atoms with E-state index in [1.807, 2.05) is 31.2 Å². The van der Waals surface area contributed by atoms with Gasteiger partial charge in [0.2, 0.25) is 0 Å². The molecule has 1 fully saturated rings. The molecule has 1 aliphatic rings. The number of rotatable bonds is 3. The predicted molar refractivity (Wildman–Crippen MR) is 74.7 cm³/mol. The topological polar surface area (TPSA) is 50.4 Å². The minimum atomic E-state index is -0.194. The largest absolute Gasteiger partial charge is 0.376 e. The summed E-state index contributed by atoms with van der Waals surface area (Å²) in [4.78, 5) is 11.8. The average molecular weight is 313 g/mol. The highest BCUT2D eigenvalue weighted by atomic mass is 79.9. The maximum Gasteiger partial charge on any atom is 0.319 e. The van der Waals surface area contributed by atoms with E-state index in [1.54, 1.807) is 0 Å². The van der Waals surface area contributed by atoms with Crippen molar-refractivity contribution in [3.8, 4) is 0 Å². The summed E-state index contributed by atoms with van der Waals surface area (Å²) in [7, 11) is 0. The second-order valence-electron chi connectivity index (χ2n) is 4.45. The summed E-state index contributed by atoms with van der Waals surface area (Å²) >= 11 is 3.35. The summed E-state index contributed by atoms with van der Waals surface area (Å²) in [5.74, 6) is 0. The van der Waals surface area contributed by atoms with E-state index in [9.17, 15) is 4.79 Å². The molecular weight excluding hydrogens is 296 g/mol. The zero-order valence-electron chi connectivity index (χ0n) is 10.3. The van der Waals surface area contributed by atoms with Gasteiger partial charge < -0.3 is 15.4 Å². The quantitative estimate of drug-likeness (QED) is 0.901. The molecule has 2 N–H and O–H groups in total. The standard InChI is InChI=1S/C13H17BrN2O2/c1-9(12-3-2-8-18-12)15-13(17)16-11-6-4-10(14)5-7-11/h4-7,9,12H,2-3,8H2,1H3,(H2,15,16,17)/t9-,12+/m0/s1. The summed E-state index contributed by atoms with van der Waals surface area (Å²) in [6.07, 6.45) is 2.23. The van der Waals surface area contributed by atoms with E-state index in [0.717, 1.165) is 29.6 Å². The lowest BCUT2D eigenvalue weighted by molar-refractivity contribution is 0.0868. The maximum atomic E-state index is 11.8. The number of hydrogen-bond acceptors (Lipinski definition) is 2. The number of anilines is 1. The lowest BCUT2D eigenvalue weighted by Crippen LogP contribution is -2.42. The van der Waals surface area contributed by atoms with Crippen molar-refractivity contribution in [2.75, 3.05) is 11.9 Å². The van der Waals surface area contributed by atoms with E-state index in [-0.39, 0.29) is 18.2 Å². The number of ether oxygens (including phenoxy) is 1. The van der Waals surface area contributed by atoms with E-state index in [4.69, 9.17) is 4.74 Å². The molecule has 0 unspecified atom stereocenters. The van der Waals surface area contributed by atoms with Gasteiger partial charge in [-0.2, -0.15) is 0 Å². The third kappa shape index (κ3) is 3.71. The van der Waals surface area contributed by atoms with Crippen molar-refractivity contribution >= 4 is 27.6 Å². The van der Waals surface area contributed by atoms with Crippen LogP contribution in [-0.4, -0.2) is 24.8 Å². The van der Waals surface area contributed by atoms with Crippen LogP contribution in [0, 0.1) is 0 Å². The SMILES string of the molecule is C[C@H](NC(=O)Nc1ccc(Br)cc1)[C@H]1CCCO1. The van der Waals surface area contributed by atoms with Crippen LogP contribution in [0.5, 0.6) is 0 Å². The molecule has 4 nitrogen and oxygen atoms in total. The van der Waals surface area contributed by atoms with Crippen LogP contribution in [0.3, 0.4) is 0 Å². The monoisotopic (exact) mass is 312 g/mol. The van der Waals surface area contributed by atoms with Crippen LogP contribution in [0.2, 0.25) is 0 Å². The fourth-order valence-electron chi connectivity index (χ4n) is 2.00. The molecule has 2 amide bonds. The van der Waals surface area contributed by atoms with Crippen LogP contribution in [0.15, 0.2) is 28.7 Å². The van der Waals surface area contributed by atoms with Gasteiger partial charge in [-0.15, -0.1) is 0 Å². The fraction of sp³-hybridized carbons (Fsp3) is 0.462. The van der Waals surface area contributed by atoms with Crippen LogP contribution in [-0.2, 0) is 4.74 Å². The minimum Gasteiger partial charge on any atom is -0.376 e. The Labute approximate surface area is 115 Å². The number of carbonyl (C=O) groups excluding carboxylic acids is 1. The molecule has 1 saturated heterocycles. The molecule has 0 aromatic heterocycles. The van der Waals surface area contributed by atoms with E-state index < -0.39 is 0 Å². The first-order chi connectivity index (χ1) is 8.65. The molecule has 0 bridgehead atoms. The molecule has 0 spiro atoms. The van der Waals surface area contributed by atoms with Crippen molar-refractivity contribution in [2.45, 2.75) is 31.9 Å². The van der Waals surface area contributed by atoms with E-state index in [2.05, 4.69) is 26.6 Å². The second-order valence-corrected chi connectivity index (χ2v) is 5.36. The van der Waals surface area contributed by atoms with Gasteiger partial charge in [-0.1, -0.05) is 15.9 Å². The Balaban J connectivity index is 1.82. The highest BCUT2D eigenvalue weighted by Gasteiger charge is 2.23. The smallest absolute Gasteiger partial charge is 0.319 e. The maximum absolute atomic E-state index is 11.8. The lowest BCUT2D eigenvalue weighted by atomic mass is 10.1. The van der Waals surface area contributed by atoms with Gasteiger partial charge in [0.15, 0.2) is 0 Å². The molecule has 1 aromatic carbocycles. The van der Waals surface area contributed by atoms with Gasteiger partial charge in [0, 0.05) is 16.8 Å². The number of urea groups is 1. The summed E-state index contributed by atoms with van der Waals surface area (Å²) in [5, 5.41) is 5.70. The van der Waals surface area contributed by atoms with Gasteiger partial charge in [0.05, 0.1) is 12.1 Å². The van der Waals surface area contributed by atoms with Crippen molar-refractivity contribution in [3.05, 3.63) is 28.7 Å². The zero-order chi connectivity index (χ0) is 13.0. The van der Waals surface area contributed by atoms with E-state index in [0.29, 0.717) is 0 Å².